The maximum atomic E-state index is 13.6. The van der Waals surface area contributed by atoms with Gasteiger partial charge < -0.3 is 24.0 Å². The molecule has 2 atom stereocenters. The number of carbonyl (C=O) groups is 2. The summed E-state index contributed by atoms with van der Waals surface area (Å²) >= 11 is 0. The summed E-state index contributed by atoms with van der Waals surface area (Å²) in [5.41, 5.74) is 0.828. The van der Waals surface area contributed by atoms with Crippen molar-refractivity contribution in [3.63, 3.8) is 0 Å². The lowest BCUT2D eigenvalue weighted by atomic mass is 9.87. The van der Waals surface area contributed by atoms with Gasteiger partial charge in [-0.05, 0) is 42.4 Å². The van der Waals surface area contributed by atoms with Crippen LogP contribution in [-0.2, 0) is 9.59 Å². The standard InChI is InChI=1S/C25H38N2O5/c1-25(2,3)14-22(28)27-15-18(19(16-27)24(29)26-10-8-7-9-11-26)17-12-20(30-4)23(32-6)21(13-17)31-5/h12-13,18-19H,7-11,14-16H2,1-6H3/t18-,19-/m1/s1. The Labute approximate surface area is 192 Å². The van der Waals surface area contributed by atoms with Crippen molar-refractivity contribution >= 4 is 11.8 Å². The van der Waals surface area contributed by atoms with E-state index >= 15 is 0 Å². The first-order valence-electron chi connectivity index (χ1n) is 11.5. The summed E-state index contributed by atoms with van der Waals surface area (Å²) in [5.74, 6) is 1.49. The Morgan fingerprint density at radius 3 is 2.00 bits per heavy atom. The maximum Gasteiger partial charge on any atom is 0.228 e. The summed E-state index contributed by atoms with van der Waals surface area (Å²) in [6, 6.07) is 3.83. The Hall–Kier alpha value is -2.44. The molecule has 2 saturated heterocycles. The van der Waals surface area contributed by atoms with Crippen molar-refractivity contribution in [1.29, 1.82) is 0 Å². The molecule has 0 aromatic heterocycles. The molecule has 0 spiro atoms. The molecule has 0 N–H and O–H groups in total. The lowest BCUT2D eigenvalue weighted by molar-refractivity contribution is -0.137. The Balaban J connectivity index is 1.95. The zero-order valence-electron chi connectivity index (χ0n) is 20.4. The van der Waals surface area contributed by atoms with E-state index in [4.69, 9.17) is 14.2 Å². The third-order valence-electron chi connectivity index (χ3n) is 6.45. The number of carbonyl (C=O) groups excluding carboxylic acids is 2. The van der Waals surface area contributed by atoms with Crippen LogP contribution in [0.25, 0.3) is 0 Å². The molecule has 3 rings (SSSR count). The van der Waals surface area contributed by atoms with Gasteiger partial charge in [-0.2, -0.15) is 0 Å². The maximum absolute atomic E-state index is 13.6. The van der Waals surface area contributed by atoms with Gasteiger partial charge in [-0.15, -0.1) is 0 Å². The molecule has 0 bridgehead atoms. The first-order chi connectivity index (χ1) is 15.2. The predicted octanol–water partition coefficient (Wildman–Crippen LogP) is 3.70. The molecule has 2 amide bonds. The van der Waals surface area contributed by atoms with Gasteiger partial charge in [0.1, 0.15) is 0 Å². The van der Waals surface area contributed by atoms with Gasteiger partial charge in [0.15, 0.2) is 11.5 Å². The molecule has 7 nitrogen and oxygen atoms in total. The SMILES string of the molecule is COc1cc([C@H]2CN(C(=O)CC(C)(C)C)C[C@H]2C(=O)N2CCCCC2)cc(OC)c1OC. The summed E-state index contributed by atoms with van der Waals surface area (Å²) < 4.78 is 16.6. The number of amides is 2. The molecule has 1 aromatic rings. The van der Waals surface area contributed by atoms with Gasteiger partial charge in [-0.25, -0.2) is 0 Å². The number of hydrogen-bond donors (Lipinski definition) is 0. The predicted molar refractivity (Wildman–Crippen MR) is 123 cm³/mol. The van der Waals surface area contributed by atoms with Gasteiger partial charge in [-0.3, -0.25) is 9.59 Å². The number of hydrogen-bond acceptors (Lipinski definition) is 5. The van der Waals surface area contributed by atoms with Crippen LogP contribution in [0.1, 0.15) is 57.9 Å². The largest absolute Gasteiger partial charge is 0.493 e. The van der Waals surface area contributed by atoms with Crippen LogP contribution in [0, 0.1) is 11.3 Å². The monoisotopic (exact) mass is 446 g/mol. The average Bonchev–Trinajstić information content (AvgIpc) is 3.22. The molecule has 0 aliphatic carbocycles. The molecule has 7 heteroatoms. The van der Waals surface area contributed by atoms with Crippen molar-refractivity contribution < 1.29 is 23.8 Å². The highest BCUT2D eigenvalue weighted by Gasteiger charge is 2.43. The van der Waals surface area contributed by atoms with Crippen molar-refractivity contribution in [3.05, 3.63) is 17.7 Å². The minimum absolute atomic E-state index is 0.101. The van der Waals surface area contributed by atoms with E-state index in [1.54, 1.807) is 21.3 Å². The Kier molecular flexibility index (Phi) is 7.57. The van der Waals surface area contributed by atoms with Gasteiger partial charge in [0.05, 0.1) is 27.2 Å². The second-order valence-corrected chi connectivity index (χ2v) is 10.1. The number of ether oxygens (including phenoxy) is 3. The molecule has 2 fully saturated rings. The number of likely N-dealkylation sites (tertiary alicyclic amines) is 2. The van der Waals surface area contributed by atoms with Gasteiger partial charge in [0.25, 0.3) is 0 Å². The van der Waals surface area contributed by atoms with Gasteiger partial charge in [0, 0.05) is 38.5 Å². The van der Waals surface area contributed by atoms with Gasteiger partial charge >= 0.3 is 0 Å². The molecular formula is C25H38N2O5. The van der Waals surface area contributed by atoms with Crippen LogP contribution < -0.4 is 14.2 Å². The van der Waals surface area contributed by atoms with E-state index in [0.717, 1.165) is 31.5 Å². The minimum atomic E-state index is -0.278. The topological polar surface area (TPSA) is 68.3 Å². The van der Waals surface area contributed by atoms with E-state index < -0.39 is 0 Å². The van der Waals surface area contributed by atoms with Crippen LogP contribution in [0.2, 0.25) is 0 Å². The van der Waals surface area contributed by atoms with E-state index in [1.165, 1.54) is 6.42 Å². The molecular weight excluding hydrogens is 408 g/mol. The molecule has 0 unspecified atom stereocenters. The lowest BCUT2D eigenvalue weighted by Gasteiger charge is -2.31. The fourth-order valence-corrected chi connectivity index (χ4v) is 4.83. The van der Waals surface area contributed by atoms with Crippen LogP contribution in [-0.4, -0.2) is 69.1 Å². The average molecular weight is 447 g/mol. The normalized spacial score (nSPS) is 21.4. The highest BCUT2D eigenvalue weighted by molar-refractivity contribution is 5.84. The number of benzene rings is 1. The molecule has 32 heavy (non-hydrogen) atoms. The van der Waals surface area contributed by atoms with Crippen molar-refractivity contribution in [1.82, 2.24) is 9.80 Å². The summed E-state index contributed by atoms with van der Waals surface area (Å²) in [6.45, 7) is 8.75. The summed E-state index contributed by atoms with van der Waals surface area (Å²) in [6.07, 6.45) is 3.71. The third-order valence-corrected chi connectivity index (χ3v) is 6.45. The molecule has 0 saturated carbocycles. The smallest absolute Gasteiger partial charge is 0.228 e. The number of nitrogens with zero attached hydrogens (tertiary/aromatic N) is 2. The van der Waals surface area contributed by atoms with E-state index in [2.05, 4.69) is 20.8 Å². The highest BCUT2D eigenvalue weighted by Crippen LogP contribution is 2.44. The van der Waals surface area contributed by atoms with E-state index in [-0.39, 0.29) is 29.1 Å². The third kappa shape index (κ3) is 5.30. The van der Waals surface area contributed by atoms with E-state index in [0.29, 0.717) is 36.8 Å². The summed E-state index contributed by atoms with van der Waals surface area (Å²) in [4.78, 5) is 30.5. The quantitative estimate of drug-likeness (QED) is 0.667. The molecule has 178 valence electrons. The number of methoxy groups -OCH3 is 3. The van der Waals surface area contributed by atoms with Crippen LogP contribution in [0.3, 0.4) is 0 Å². The fourth-order valence-electron chi connectivity index (χ4n) is 4.83. The summed E-state index contributed by atoms with van der Waals surface area (Å²) in [5, 5.41) is 0. The summed E-state index contributed by atoms with van der Waals surface area (Å²) in [7, 11) is 4.75. The first-order valence-corrected chi connectivity index (χ1v) is 11.5. The molecule has 2 heterocycles. The van der Waals surface area contributed by atoms with E-state index in [1.807, 2.05) is 21.9 Å². The number of rotatable bonds is 6. The second-order valence-electron chi connectivity index (χ2n) is 10.1. The van der Waals surface area contributed by atoms with Gasteiger partial charge in [-0.1, -0.05) is 20.8 Å². The minimum Gasteiger partial charge on any atom is -0.493 e. The first kappa shape index (κ1) is 24.2. The molecule has 0 radical (unpaired) electrons. The Morgan fingerprint density at radius 1 is 0.906 bits per heavy atom. The number of piperidine rings is 1. The lowest BCUT2D eigenvalue weighted by Crippen LogP contribution is -2.42. The Bertz CT molecular complexity index is 801. The second kappa shape index (κ2) is 10.0. The van der Waals surface area contributed by atoms with Crippen molar-refractivity contribution in [2.75, 3.05) is 47.5 Å². The molecule has 2 aliphatic heterocycles. The zero-order valence-corrected chi connectivity index (χ0v) is 20.4. The van der Waals surface area contributed by atoms with Crippen LogP contribution in [0.5, 0.6) is 17.2 Å². The Morgan fingerprint density at radius 2 is 1.50 bits per heavy atom. The fraction of sp³-hybridized carbons (Fsp3) is 0.680. The van der Waals surface area contributed by atoms with E-state index in [9.17, 15) is 9.59 Å². The van der Waals surface area contributed by atoms with Crippen LogP contribution >= 0.6 is 0 Å². The van der Waals surface area contributed by atoms with Crippen LogP contribution in [0.15, 0.2) is 12.1 Å². The van der Waals surface area contributed by atoms with Crippen molar-refractivity contribution in [3.8, 4) is 17.2 Å². The zero-order chi connectivity index (χ0) is 23.5. The van der Waals surface area contributed by atoms with Crippen molar-refractivity contribution in [2.45, 2.75) is 52.4 Å². The highest BCUT2D eigenvalue weighted by atomic mass is 16.5. The van der Waals surface area contributed by atoms with Gasteiger partial charge in [0.2, 0.25) is 17.6 Å². The molecule has 1 aromatic carbocycles. The van der Waals surface area contributed by atoms with Crippen LogP contribution in [0.4, 0.5) is 0 Å². The molecule has 2 aliphatic rings. The van der Waals surface area contributed by atoms with Crippen molar-refractivity contribution in [2.24, 2.45) is 11.3 Å².